The van der Waals surface area contributed by atoms with Crippen molar-refractivity contribution in [3.63, 3.8) is 0 Å². The second-order valence-corrected chi connectivity index (χ2v) is 9.15. The van der Waals surface area contributed by atoms with Gasteiger partial charge in [0.2, 0.25) is 15.9 Å². The number of sulfonamides is 1. The topological polar surface area (TPSA) is 69.7 Å². The first-order valence-corrected chi connectivity index (χ1v) is 11.0. The summed E-state index contributed by atoms with van der Waals surface area (Å²) >= 11 is 1.17. The molecule has 1 aromatic carbocycles. The summed E-state index contributed by atoms with van der Waals surface area (Å²) < 4.78 is 27.2. The van der Waals surface area contributed by atoms with Crippen molar-refractivity contribution < 1.29 is 13.2 Å². The Hall–Kier alpha value is -1.90. The number of hydrogen-bond acceptors (Lipinski definition) is 5. The zero-order valence-electron chi connectivity index (χ0n) is 14.7. The van der Waals surface area contributed by atoms with E-state index in [0.717, 1.165) is 24.5 Å². The van der Waals surface area contributed by atoms with E-state index < -0.39 is 10.0 Å². The van der Waals surface area contributed by atoms with E-state index in [1.165, 1.54) is 31.1 Å². The van der Waals surface area contributed by atoms with Crippen molar-refractivity contribution >= 4 is 38.6 Å². The van der Waals surface area contributed by atoms with E-state index in [-0.39, 0.29) is 23.2 Å². The van der Waals surface area contributed by atoms with Crippen LogP contribution in [0.4, 0.5) is 11.4 Å². The van der Waals surface area contributed by atoms with E-state index in [4.69, 9.17) is 0 Å². The normalized spacial score (nSPS) is 14.6. The monoisotopic (exact) mass is 393 g/mol. The van der Waals surface area contributed by atoms with Crippen LogP contribution in [0.15, 0.2) is 46.0 Å². The Kier molecular flexibility index (Phi) is 5.95. The molecular weight excluding hydrogens is 370 g/mol. The van der Waals surface area contributed by atoms with Gasteiger partial charge in [0.05, 0.1) is 0 Å². The highest BCUT2D eigenvalue weighted by Gasteiger charge is 2.17. The second kappa shape index (κ2) is 8.20. The minimum atomic E-state index is -3.51. The van der Waals surface area contributed by atoms with Crippen molar-refractivity contribution in [1.29, 1.82) is 0 Å². The number of anilines is 2. The van der Waals surface area contributed by atoms with Gasteiger partial charge < -0.3 is 9.80 Å². The van der Waals surface area contributed by atoms with Gasteiger partial charge in [0.15, 0.2) is 0 Å². The number of nitrogens with one attached hydrogen (secondary N) is 1. The number of amides is 1. The van der Waals surface area contributed by atoms with E-state index in [1.807, 2.05) is 24.3 Å². The highest BCUT2D eigenvalue weighted by atomic mass is 32.2. The zero-order chi connectivity index (χ0) is 18.6. The number of nitrogens with zero attached hydrogens (tertiary/aromatic N) is 2. The van der Waals surface area contributed by atoms with E-state index in [9.17, 15) is 13.2 Å². The number of hydrogen-bond donors (Lipinski definition) is 1. The van der Waals surface area contributed by atoms with Crippen molar-refractivity contribution in [1.82, 2.24) is 4.72 Å². The van der Waals surface area contributed by atoms with Gasteiger partial charge in [0.25, 0.3) is 0 Å². The van der Waals surface area contributed by atoms with Gasteiger partial charge in [-0.05, 0) is 48.6 Å². The summed E-state index contributed by atoms with van der Waals surface area (Å²) in [6, 6.07) is 11.1. The molecule has 0 saturated carbocycles. The van der Waals surface area contributed by atoms with Crippen LogP contribution in [0.2, 0.25) is 0 Å². The maximum atomic E-state index is 12.2. The Balaban J connectivity index is 1.63. The highest BCUT2D eigenvalue weighted by molar-refractivity contribution is 7.91. The average molecular weight is 394 g/mol. The molecule has 1 amide bonds. The van der Waals surface area contributed by atoms with Gasteiger partial charge in [-0.2, -0.15) is 0 Å². The van der Waals surface area contributed by atoms with Crippen LogP contribution < -0.4 is 14.5 Å². The molecule has 2 aromatic rings. The summed E-state index contributed by atoms with van der Waals surface area (Å²) in [6.45, 7) is 4.07. The second-order valence-electron chi connectivity index (χ2n) is 6.21. The van der Waals surface area contributed by atoms with Crippen LogP contribution in [0.25, 0.3) is 0 Å². The summed E-state index contributed by atoms with van der Waals surface area (Å²) in [5.41, 5.74) is 1.93. The standard InChI is InChI=1S/C18H23N3O3S2/c1-15(22)21(13-10-19-26(23,24)18-5-4-14-25-18)17-8-6-16(7-9-17)20-11-2-3-12-20/h4-9,14,19H,2-3,10-13H2,1H3. The molecule has 8 heteroatoms. The molecule has 0 atom stereocenters. The zero-order valence-corrected chi connectivity index (χ0v) is 16.4. The van der Waals surface area contributed by atoms with Crippen molar-refractivity contribution in [2.24, 2.45) is 0 Å². The van der Waals surface area contributed by atoms with E-state index >= 15 is 0 Å². The molecule has 2 heterocycles. The molecule has 3 rings (SSSR count). The number of carbonyl (C=O) groups is 1. The fraction of sp³-hybridized carbons (Fsp3) is 0.389. The number of benzene rings is 1. The van der Waals surface area contributed by atoms with Crippen molar-refractivity contribution in [2.45, 2.75) is 24.0 Å². The molecule has 0 aliphatic carbocycles. The average Bonchev–Trinajstić information content (AvgIpc) is 3.32. The maximum absolute atomic E-state index is 12.2. The Morgan fingerprint density at radius 1 is 1.19 bits per heavy atom. The Morgan fingerprint density at radius 3 is 2.46 bits per heavy atom. The Labute approximate surface area is 158 Å². The summed E-state index contributed by atoms with van der Waals surface area (Å²) in [4.78, 5) is 15.9. The summed E-state index contributed by atoms with van der Waals surface area (Å²) in [6.07, 6.45) is 2.43. The van der Waals surface area contributed by atoms with Gasteiger partial charge in [-0.25, -0.2) is 13.1 Å². The van der Waals surface area contributed by atoms with Crippen molar-refractivity contribution in [3.8, 4) is 0 Å². The molecule has 0 spiro atoms. The summed E-state index contributed by atoms with van der Waals surface area (Å²) in [5, 5.41) is 1.72. The number of carbonyl (C=O) groups excluding carboxylic acids is 1. The van der Waals surface area contributed by atoms with Crippen LogP contribution in [0.3, 0.4) is 0 Å². The highest BCUT2D eigenvalue weighted by Crippen LogP contribution is 2.24. The lowest BCUT2D eigenvalue weighted by molar-refractivity contribution is -0.116. The first kappa shape index (κ1) is 18.9. The lowest BCUT2D eigenvalue weighted by Crippen LogP contribution is -2.37. The largest absolute Gasteiger partial charge is 0.372 e. The van der Waals surface area contributed by atoms with Crippen LogP contribution in [0.5, 0.6) is 0 Å². The van der Waals surface area contributed by atoms with Crippen LogP contribution in [-0.4, -0.2) is 40.5 Å². The molecule has 1 fully saturated rings. The molecule has 0 radical (unpaired) electrons. The molecule has 140 valence electrons. The van der Waals surface area contributed by atoms with Gasteiger partial charge in [-0.15, -0.1) is 11.3 Å². The van der Waals surface area contributed by atoms with E-state index in [1.54, 1.807) is 22.4 Å². The molecule has 0 unspecified atom stereocenters. The quantitative estimate of drug-likeness (QED) is 0.785. The van der Waals surface area contributed by atoms with E-state index in [0.29, 0.717) is 0 Å². The van der Waals surface area contributed by atoms with Crippen molar-refractivity contribution in [3.05, 3.63) is 41.8 Å². The van der Waals surface area contributed by atoms with Crippen molar-refractivity contribution in [2.75, 3.05) is 36.0 Å². The lowest BCUT2D eigenvalue weighted by Gasteiger charge is -2.23. The molecule has 26 heavy (non-hydrogen) atoms. The van der Waals surface area contributed by atoms with Gasteiger partial charge >= 0.3 is 0 Å². The molecule has 6 nitrogen and oxygen atoms in total. The Bertz CT molecular complexity index is 827. The smallest absolute Gasteiger partial charge is 0.250 e. The summed E-state index contributed by atoms with van der Waals surface area (Å²) in [7, 11) is -3.51. The SMILES string of the molecule is CC(=O)N(CCNS(=O)(=O)c1cccs1)c1ccc(N2CCCC2)cc1. The molecular formula is C18H23N3O3S2. The summed E-state index contributed by atoms with van der Waals surface area (Å²) in [5.74, 6) is -0.116. The number of rotatable bonds is 7. The van der Waals surface area contributed by atoms with E-state index in [2.05, 4.69) is 9.62 Å². The van der Waals surface area contributed by atoms with Crippen LogP contribution >= 0.6 is 11.3 Å². The van der Waals surface area contributed by atoms with Crippen LogP contribution in [0, 0.1) is 0 Å². The van der Waals surface area contributed by atoms with Gasteiger partial charge in [-0.1, -0.05) is 6.07 Å². The molecule has 1 saturated heterocycles. The fourth-order valence-corrected chi connectivity index (χ4v) is 5.12. The molecule has 1 aliphatic heterocycles. The predicted molar refractivity (Wildman–Crippen MR) is 105 cm³/mol. The lowest BCUT2D eigenvalue weighted by atomic mass is 10.2. The number of thiophene rings is 1. The van der Waals surface area contributed by atoms with Crippen LogP contribution in [0.1, 0.15) is 19.8 Å². The molecule has 1 aromatic heterocycles. The third-order valence-corrected chi connectivity index (χ3v) is 7.26. The Morgan fingerprint density at radius 2 is 1.88 bits per heavy atom. The van der Waals surface area contributed by atoms with Gasteiger partial charge in [0, 0.05) is 44.5 Å². The van der Waals surface area contributed by atoms with Gasteiger partial charge in [0.1, 0.15) is 4.21 Å². The molecule has 1 N–H and O–H groups in total. The first-order valence-electron chi connectivity index (χ1n) is 8.64. The first-order chi connectivity index (χ1) is 12.5. The van der Waals surface area contributed by atoms with Crippen LogP contribution in [-0.2, 0) is 14.8 Å². The minimum absolute atomic E-state index is 0.116. The third kappa shape index (κ3) is 4.44. The third-order valence-electron chi connectivity index (χ3n) is 4.40. The maximum Gasteiger partial charge on any atom is 0.250 e. The fourth-order valence-electron chi connectivity index (χ4n) is 3.07. The molecule has 1 aliphatic rings. The minimum Gasteiger partial charge on any atom is -0.372 e. The predicted octanol–water partition coefficient (Wildman–Crippen LogP) is 2.68. The molecule has 0 bridgehead atoms. The van der Waals surface area contributed by atoms with Gasteiger partial charge in [-0.3, -0.25) is 4.79 Å².